The lowest BCUT2D eigenvalue weighted by atomic mass is 10.2. The molecule has 2 N–H and O–H groups in total. The molecule has 0 aliphatic heterocycles. The van der Waals surface area contributed by atoms with Gasteiger partial charge in [0.2, 0.25) is 5.91 Å². The monoisotopic (exact) mass is 263 g/mol. The van der Waals surface area contributed by atoms with E-state index in [9.17, 15) is 4.79 Å². The van der Waals surface area contributed by atoms with Gasteiger partial charge < -0.3 is 10.6 Å². The summed E-state index contributed by atoms with van der Waals surface area (Å²) in [6, 6.07) is 7.94. The van der Waals surface area contributed by atoms with E-state index in [4.69, 9.17) is 5.73 Å². The Morgan fingerprint density at radius 3 is 2.58 bits per heavy atom. The highest BCUT2D eigenvalue weighted by atomic mass is 16.2. The van der Waals surface area contributed by atoms with E-state index in [1.54, 1.807) is 19.0 Å². The lowest BCUT2D eigenvalue weighted by Crippen LogP contribution is -2.30. The third-order valence-electron chi connectivity index (χ3n) is 3.04. The predicted octanol–water partition coefficient (Wildman–Crippen LogP) is 1.96. The normalized spacial score (nSPS) is 10.7. The molecule has 4 heteroatoms. The highest BCUT2D eigenvalue weighted by Gasteiger charge is 2.09. The molecule has 0 unspecified atom stereocenters. The van der Waals surface area contributed by atoms with Crippen LogP contribution in [-0.2, 0) is 11.3 Å². The van der Waals surface area contributed by atoms with E-state index in [1.807, 2.05) is 18.2 Å². The molecule has 0 radical (unpaired) electrons. The molecule has 1 aromatic rings. The van der Waals surface area contributed by atoms with E-state index in [0.29, 0.717) is 6.42 Å². The van der Waals surface area contributed by atoms with Crippen molar-refractivity contribution in [2.75, 3.05) is 32.9 Å². The zero-order chi connectivity index (χ0) is 14.3. The molecule has 19 heavy (non-hydrogen) atoms. The molecule has 106 valence electrons. The van der Waals surface area contributed by atoms with Gasteiger partial charge in [-0.05, 0) is 30.7 Å². The van der Waals surface area contributed by atoms with Gasteiger partial charge in [-0.25, -0.2) is 0 Å². The molecule has 0 saturated heterocycles. The first kappa shape index (κ1) is 15.5. The molecule has 0 atom stereocenters. The number of carbonyl (C=O) groups is 1. The molecule has 0 aliphatic rings. The minimum absolute atomic E-state index is 0.175. The maximum Gasteiger partial charge on any atom is 0.223 e. The number of anilines is 1. The summed E-state index contributed by atoms with van der Waals surface area (Å²) >= 11 is 0. The summed E-state index contributed by atoms with van der Waals surface area (Å²) in [5, 5.41) is 0. The Kier molecular flexibility index (Phi) is 6.36. The summed E-state index contributed by atoms with van der Waals surface area (Å²) < 4.78 is 0. The first-order valence-corrected chi connectivity index (χ1v) is 6.80. The molecule has 0 spiro atoms. The Hall–Kier alpha value is -1.55. The van der Waals surface area contributed by atoms with Gasteiger partial charge in [0.1, 0.15) is 0 Å². The fourth-order valence-corrected chi connectivity index (χ4v) is 2.01. The van der Waals surface area contributed by atoms with E-state index in [-0.39, 0.29) is 5.91 Å². The molecule has 0 aromatic heterocycles. The molecule has 0 fully saturated rings. The molecule has 0 aliphatic carbocycles. The van der Waals surface area contributed by atoms with Gasteiger partial charge in [-0.15, -0.1) is 0 Å². The van der Waals surface area contributed by atoms with Crippen molar-refractivity contribution in [1.29, 1.82) is 0 Å². The number of hydrogen-bond acceptors (Lipinski definition) is 3. The van der Waals surface area contributed by atoms with Crippen LogP contribution in [0.3, 0.4) is 0 Å². The smallest absolute Gasteiger partial charge is 0.223 e. The van der Waals surface area contributed by atoms with Crippen molar-refractivity contribution in [3.63, 3.8) is 0 Å². The number of amides is 1. The van der Waals surface area contributed by atoms with Gasteiger partial charge in [0, 0.05) is 39.3 Å². The Morgan fingerprint density at radius 2 is 2.00 bits per heavy atom. The summed E-state index contributed by atoms with van der Waals surface area (Å²) in [4.78, 5) is 15.6. The number of nitrogen functional groups attached to an aromatic ring is 1. The Morgan fingerprint density at radius 1 is 1.26 bits per heavy atom. The lowest BCUT2D eigenvalue weighted by Gasteiger charge is -2.22. The van der Waals surface area contributed by atoms with Crippen LogP contribution in [0.4, 0.5) is 5.69 Å². The molecule has 1 amide bonds. The summed E-state index contributed by atoms with van der Waals surface area (Å²) in [6.45, 7) is 4.79. The van der Waals surface area contributed by atoms with Gasteiger partial charge in [-0.2, -0.15) is 0 Å². The molecule has 1 rings (SSSR count). The van der Waals surface area contributed by atoms with Gasteiger partial charge in [0.25, 0.3) is 0 Å². The molecule has 4 nitrogen and oxygen atoms in total. The quantitative estimate of drug-likeness (QED) is 0.765. The number of benzene rings is 1. The van der Waals surface area contributed by atoms with E-state index in [1.165, 1.54) is 5.56 Å². The highest BCUT2D eigenvalue weighted by Crippen LogP contribution is 2.10. The minimum Gasteiger partial charge on any atom is -0.399 e. The van der Waals surface area contributed by atoms with Crippen LogP contribution in [0, 0.1) is 0 Å². The Labute approximate surface area is 116 Å². The number of nitrogens with two attached hydrogens (primary N) is 1. The third-order valence-corrected chi connectivity index (χ3v) is 3.04. The van der Waals surface area contributed by atoms with Crippen molar-refractivity contribution in [3.05, 3.63) is 29.8 Å². The van der Waals surface area contributed by atoms with E-state index in [2.05, 4.69) is 17.9 Å². The topological polar surface area (TPSA) is 49.6 Å². The van der Waals surface area contributed by atoms with Crippen LogP contribution >= 0.6 is 0 Å². The molecule has 0 heterocycles. The van der Waals surface area contributed by atoms with Crippen molar-refractivity contribution in [3.8, 4) is 0 Å². The van der Waals surface area contributed by atoms with Gasteiger partial charge >= 0.3 is 0 Å². The molecular formula is C15H25N3O. The largest absolute Gasteiger partial charge is 0.399 e. The van der Waals surface area contributed by atoms with Crippen LogP contribution < -0.4 is 5.73 Å². The maximum absolute atomic E-state index is 11.6. The summed E-state index contributed by atoms with van der Waals surface area (Å²) in [5.74, 6) is 0.175. The second-order valence-electron chi connectivity index (χ2n) is 5.06. The fourth-order valence-electron chi connectivity index (χ4n) is 2.01. The van der Waals surface area contributed by atoms with Crippen LogP contribution in [0.5, 0.6) is 0 Å². The number of rotatable bonds is 7. The highest BCUT2D eigenvalue weighted by molar-refractivity contribution is 5.75. The first-order valence-electron chi connectivity index (χ1n) is 6.80. The van der Waals surface area contributed by atoms with Gasteiger partial charge in [-0.3, -0.25) is 9.69 Å². The van der Waals surface area contributed by atoms with Crippen LogP contribution in [0.1, 0.15) is 25.3 Å². The number of hydrogen-bond donors (Lipinski definition) is 1. The van der Waals surface area contributed by atoms with Crippen LogP contribution in [0.2, 0.25) is 0 Å². The third kappa shape index (κ3) is 5.75. The summed E-state index contributed by atoms with van der Waals surface area (Å²) in [7, 11) is 3.59. The minimum atomic E-state index is 0.175. The van der Waals surface area contributed by atoms with Gasteiger partial charge in [0.15, 0.2) is 0 Å². The van der Waals surface area contributed by atoms with E-state index >= 15 is 0 Å². The lowest BCUT2D eigenvalue weighted by molar-refractivity contribution is -0.129. The van der Waals surface area contributed by atoms with Crippen molar-refractivity contribution in [1.82, 2.24) is 9.80 Å². The SMILES string of the molecule is CCCN(CCC(=O)N(C)C)Cc1cccc(N)c1. The molecule has 1 aromatic carbocycles. The van der Waals surface area contributed by atoms with E-state index in [0.717, 1.165) is 31.7 Å². The van der Waals surface area contributed by atoms with Crippen LogP contribution in [0.25, 0.3) is 0 Å². The molecular weight excluding hydrogens is 238 g/mol. The zero-order valence-electron chi connectivity index (χ0n) is 12.2. The molecule has 0 bridgehead atoms. The average Bonchev–Trinajstić information content (AvgIpc) is 2.35. The standard InChI is InChI=1S/C15H25N3O/c1-4-9-18(10-8-15(19)17(2)3)12-13-6-5-7-14(16)11-13/h5-7,11H,4,8-10,12,16H2,1-3H3. The van der Waals surface area contributed by atoms with Gasteiger partial charge in [-0.1, -0.05) is 19.1 Å². The Balaban J connectivity index is 2.55. The summed E-state index contributed by atoms with van der Waals surface area (Å²) in [5.41, 5.74) is 7.78. The number of nitrogens with zero attached hydrogens (tertiary/aromatic N) is 2. The first-order chi connectivity index (χ1) is 9.02. The van der Waals surface area contributed by atoms with Crippen molar-refractivity contribution in [2.24, 2.45) is 0 Å². The van der Waals surface area contributed by atoms with Crippen LogP contribution in [-0.4, -0.2) is 42.9 Å². The summed E-state index contributed by atoms with van der Waals surface area (Å²) in [6.07, 6.45) is 1.65. The van der Waals surface area contributed by atoms with Crippen molar-refractivity contribution < 1.29 is 4.79 Å². The number of carbonyl (C=O) groups excluding carboxylic acids is 1. The predicted molar refractivity (Wildman–Crippen MR) is 79.7 cm³/mol. The second-order valence-corrected chi connectivity index (χ2v) is 5.06. The van der Waals surface area contributed by atoms with Crippen LogP contribution in [0.15, 0.2) is 24.3 Å². The maximum atomic E-state index is 11.6. The van der Waals surface area contributed by atoms with Crippen molar-refractivity contribution >= 4 is 11.6 Å². The Bertz CT molecular complexity index is 404. The fraction of sp³-hybridized carbons (Fsp3) is 0.533. The van der Waals surface area contributed by atoms with Gasteiger partial charge in [0.05, 0.1) is 0 Å². The molecule has 0 saturated carbocycles. The second kappa shape index (κ2) is 7.79. The average molecular weight is 263 g/mol. The zero-order valence-corrected chi connectivity index (χ0v) is 12.2. The van der Waals surface area contributed by atoms with Crippen molar-refractivity contribution in [2.45, 2.75) is 26.3 Å². The van der Waals surface area contributed by atoms with E-state index < -0.39 is 0 Å².